The first-order valence-electron chi connectivity index (χ1n) is 6.62. The van der Waals surface area contributed by atoms with Crippen LogP contribution in [0.15, 0.2) is 5.10 Å². The van der Waals surface area contributed by atoms with Crippen molar-refractivity contribution in [1.29, 1.82) is 0 Å². The second kappa shape index (κ2) is 5.87. The smallest absolute Gasteiger partial charge is 0.362 e. The Labute approximate surface area is 130 Å². The SMILES string of the molecule is CCCC1=NN(c2c(F)c(F)c(F)c(F)c2F)C(O)(C(F)(F)F)C1. The van der Waals surface area contributed by atoms with Crippen molar-refractivity contribution >= 4 is 11.4 Å². The summed E-state index contributed by atoms with van der Waals surface area (Å²) < 4.78 is 107. The number of aliphatic hydroxyl groups is 1. The molecule has 1 heterocycles. The fourth-order valence-corrected chi connectivity index (χ4v) is 2.28. The van der Waals surface area contributed by atoms with Crippen molar-refractivity contribution in [1.82, 2.24) is 0 Å². The zero-order valence-corrected chi connectivity index (χ0v) is 12.0. The molecule has 11 heteroatoms. The van der Waals surface area contributed by atoms with E-state index in [1.54, 1.807) is 6.92 Å². The summed E-state index contributed by atoms with van der Waals surface area (Å²) in [6, 6.07) is 0. The van der Waals surface area contributed by atoms with Gasteiger partial charge in [-0.15, -0.1) is 0 Å². The summed E-state index contributed by atoms with van der Waals surface area (Å²) in [6.07, 6.45) is -6.42. The molecule has 134 valence electrons. The minimum absolute atomic E-state index is 0.0652. The molecular formula is C13H10F8N2O. The maximum absolute atomic E-state index is 13.8. The van der Waals surface area contributed by atoms with E-state index in [0.717, 1.165) is 0 Å². The summed E-state index contributed by atoms with van der Waals surface area (Å²) in [4.78, 5) is 0. The zero-order valence-electron chi connectivity index (χ0n) is 12.0. The minimum Gasteiger partial charge on any atom is -0.362 e. The van der Waals surface area contributed by atoms with Gasteiger partial charge in [0.15, 0.2) is 23.3 Å². The number of nitrogens with zero attached hydrogens (tertiary/aromatic N) is 2. The third-order valence-corrected chi connectivity index (χ3v) is 3.43. The number of rotatable bonds is 3. The van der Waals surface area contributed by atoms with Crippen LogP contribution in [0.1, 0.15) is 26.2 Å². The van der Waals surface area contributed by atoms with Gasteiger partial charge in [0, 0.05) is 12.1 Å². The average molecular weight is 362 g/mol. The van der Waals surface area contributed by atoms with E-state index >= 15 is 0 Å². The van der Waals surface area contributed by atoms with Crippen LogP contribution in [-0.4, -0.2) is 22.7 Å². The van der Waals surface area contributed by atoms with Crippen LogP contribution in [0.5, 0.6) is 0 Å². The van der Waals surface area contributed by atoms with E-state index in [9.17, 15) is 40.2 Å². The van der Waals surface area contributed by atoms with Crippen LogP contribution in [0.2, 0.25) is 0 Å². The Bertz CT molecular complexity index is 673. The molecule has 24 heavy (non-hydrogen) atoms. The van der Waals surface area contributed by atoms with Crippen molar-refractivity contribution in [3.8, 4) is 0 Å². The molecule has 0 amide bonds. The standard InChI is InChI=1S/C13H10F8N2O/c1-2-3-5-4-12(24,13(19,20)21)23(22-5)11-9(17)7(15)6(14)8(16)10(11)18/h24H,2-4H2,1H3. The Morgan fingerprint density at radius 3 is 1.88 bits per heavy atom. The molecule has 1 N–H and O–H groups in total. The Morgan fingerprint density at radius 1 is 1.00 bits per heavy atom. The molecule has 1 aliphatic heterocycles. The molecule has 0 saturated carbocycles. The summed E-state index contributed by atoms with van der Waals surface area (Å²) in [6.45, 7) is 1.57. The minimum atomic E-state index is -5.47. The summed E-state index contributed by atoms with van der Waals surface area (Å²) in [5.41, 5.74) is -6.17. The van der Waals surface area contributed by atoms with E-state index in [1.807, 2.05) is 0 Å². The Balaban J connectivity index is 2.72. The lowest BCUT2D eigenvalue weighted by molar-refractivity contribution is -0.254. The number of benzene rings is 1. The molecule has 0 bridgehead atoms. The quantitative estimate of drug-likeness (QED) is 0.501. The highest BCUT2D eigenvalue weighted by atomic mass is 19.4. The van der Waals surface area contributed by atoms with Crippen LogP contribution in [0, 0.1) is 29.1 Å². The van der Waals surface area contributed by atoms with Crippen molar-refractivity contribution in [3.63, 3.8) is 0 Å². The molecule has 3 nitrogen and oxygen atoms in total. The number of anilines is 1. The molecule has 1 atom stereocenters. The van der Waals surface area contributed by atoms with Gasteiger partial charge in [-0.25, -0.2) is 27.0 Å². The molecule has 0 fully saturated rings. The van der Waals surface area contributed by atoms with Gasteiger partial charge in [-0.3, -0.25) is 0 Å². The van der Waals surface area contributed by atoms with E-state index < -0.39 is 58.1 Å². The molecule has 1 unspecified atom stereocenters. The van der Waals surface area contributed by atoms with Crippen molar-refractivity contribution < 1.29 is 40.2 Å². The molecule has 0 aliphatic carbocycles. The van der Waals surface area contributed by atoms with Crippen molar-refractivity contribution in [2.75, 3.05) is 5.01 Å². The fourth-order valence-electron chi connectivity index (χ4n) is 2.28. The normalized spacial score (nSPS) is 21.4. The van der Waals surface area contributed by atoms with Gasteiger partial charge in [-0.1, -0.05) is 13.3 Å². The van der Waals surface area contributed by atoms with Crippen molar-refractivity contribution in [2.45, 2.75) is 38.1 Å². The maximum Gasteiger partial charge on any atom is 0.438 e. The highest BCUT2D eigenvalue weighted by molar-refractivity contribution is 5.89. The van der Waals surface area contributed by atoms with Gasteiger partial charge in [0.05, 0.1) is 0 Å². The second-order valence-electron chi connectivity index (χ2n) is 5.14. The topological polar surface area (TPSA) is 35.8 Å². The Hall–Kier alpha value is -1.91. The van der Waals surface area contributed by atoms with Gasteiger partial charge in [0.2, 0.25) is 5.82 Å². The van der Waals surface area contributed by atoms with Gasteiger partial charge in [-0.05, 0) is 6.42 Å². The molecule has 1 aromatic carbocycles. The predicted molar refractivity (Wildman–Crippen MR) is 66.7 cm³/mol. The Morgan fingerprint density at radius 2 is 1.46 bits per heavy atom. The van der Waals surface area contributed by atoms with Gasteiger partial charge >= 0.3 is 6.18 Å². The first-order chi connectivity index (χ1) is 11.0. The van der Waals surface area contributed by atoms with E-state index in [4.69, 9.17) is 0 Å². The summed E-state index contributed by atoms with van der Waals surface area (Å²) in [5.74, 6) is -12.4. The summed E-state index contributed by atoms with van der Waals surface area (Å²) >= 11 is 0. The van der Waals surface area contributed by atoms with Gasteiger partial charge in [0.25, 0.3) is 5.72 Å². The van der Waals surface area contributed by atoms with Crippen LogP contribution >= 0.6 is 0 Å². The summed E-state index contributed by atoms with van der Waals surface area (Å²) in [7, 11) is 0. The lowest BCUT2D eigenvalue weighted by Gasteiger charge is -2.34. The van der Waals surface area contributed by atoms with Crippen LogP contribution in [0.4, 0.5) is 40.8 Å². The maximum atomic E-state index is 13.8. The highest BCUT2D eigenvalue weighted by Crippen LogP contribution is 2.45. The molecule has 0 saturated heterocycles. The molecule has 2 rings (SSSR count). The van der Waals surface area contributed by atoms with Gasteiger partial charge < -0.3 is 5.11 Å². The molecular weight excluding hydrogens is 352 g/mol. The van der Waals surface area contributed by atoms with Gasteiger partial charge in [-0.2, -0.15) is 18.3 Å². The first kappa shape index (κ1) is 18.4. The lowest BCUT2D eigenvalue weighted by atomic mass is 10.0. The predicted octanol–water partition coefficient (Wildman–Crippen LogP) is 4.00. The van der Waals surface area contributed by atoms with Crippen molar-refractivity contribution in [2.24, 2.45) is 5.10 Å². The second-order valence-corrected chi connectivity index (χ2v) is 5.14. The molecule has 0 spiro atoms. The lowest BCUT2D eigenvalue weighted by Crippen LogP contribution is -2.55. The van der Waals surface area contributed by atoms with Crippen LogP contribution < -0.4 is 5.01 Å². The molecule has 0 aromatic heterocycles. The molecule has 1 aromatic rings. The molecule has 0 radical (unpaired) electrons. The average Bonchev–Trinajstić information content (AvgIpc) is 2.81. The van der Waals surface area contributed by atoms with Crippen molar-refractivity contribution in [3.05, 3.63) is 29.1 Å². The van der Waals surface area contributed by atoms with Crippen LogP contribution in [0.25, 0.3) is 0 Å². The van der Waals surface area contributed by atoms with E-state index in [2.05, 4.69) is 5.10 Å². The number of halogens is 8. The highest BCUT2D eigenvalue weighted by Gasteiger charge is 2.62. The van der Waals surface area contributed by atoms with Crippen LogP contribution in [-0.2, 0) is 0 Å². The number of hydrogen-bond donors (Lipinski definition) is 1. The fraction of sp³-hybridized carbons (Fsp3) is 0.462. The number of hydrazone groups is 1. The summed E-state index contributed by atoms with van der Waals surface area (Å²) in [5, 5.41) is 12.5. The Kier molecular flexibility index (Phi) is 4.51. The third kappa shape index (κ3) is 2.60. The van der Waals surface area contributed by atoms with E-state index in [-0.39, 0.29) is 18.6 Å². The number of hydrogen-bond acceptors (Lipinski definition) is 3. The van der Waals surface area contributed by atoms with Gasteiger partial charge in [0.1, 0.15) is 5.69 Å². The largest absolute Gasteiger partial charge is 0.438 e. The first-order valence-corrected chi connectivity index (χ1v) is 6.62. The molecule has 1 aliphatic rings. The van der Waals surface area contributed by atoms with E-state index in [0.29, 0.717) is 0 Å². The monoisotopic (exact) mass is 362 g/mol. The third-order valence-electron chi connectivity index (χ3n) is 3.43. The van der Waals surface area contributed by atoms with E-state index in [1.165, 1.54) is 0 Å². The number of alkyl halides is 3. The van der Waals surface area contributed by atoms with Crippen LogP contribution in [0.3, 0.4) is 0 Å². The zero-order chi connectivity index (χ0) is 18.4.